The molecule has 2 aromatic rings. The van der Waals surface area contributed by atoms with E-state index in [9.17, 15) is 4.79 Å². The summed E-state index contributed by atoms with van der Waals surface area (Å²) in [5, 5.41) is 9.53. The van der Waals surface area contributed by atoms with E-state index < -0.39 is 0 Å². The first-order valence-electron chi connectivity index (χ1n) is 10.3. The minimum atomic E-state index is 0.0161. The maximum absolute atomic E-state index is 12.1. The van der Waals surface area contributed by atoms with Gasteiger partial charge in [-0.1, -0.05) is 30.3 Å². The number of aliphatic imine (C=N–C) groups is 1. The highest BCUT2D eigenvalue weighted by atomic mass is 16.3. The first kappa shape index (κ1) is 20.9. The SMILES string of the molecule is CN=C(NCCC(=O)NCc1ccccc1)NCC(c1ccco1)N1CCCC1. The third-order valence-corrected chi connectivity index (χ3v) is 5.12. The molecule has 3 rings (SSSR count). The molecule has 7 nitrogen and oxygen atoms in total. The number of carbonyl (C=O) groups excluding carboxylic acids is 1. The van der Waals surface area contributed by atoms with E-state index in [0.717, 1.165) is 24.4 Å². The number of amides is 1. The molecule has 1 aromatic carbocycles. The summed E-state index contributed by atoms with van der Waals surface area (Å²) in [6.07, 6.45) is 4.56. The number of carbonyl (C=O) groups is 1. The smallest absolute Gasteiger partial charge is 0.222 e. The summed E-state index contributed by atoms with van der Waals surface area (Å²) in [7, 11) is 1.74. The molecule has 2 heterocycles. The van der Waals surface area contributed by atoms with Crippen LogP contribution in [0.1, 0.15) is 36.6 Å². The highest BCUT2D eigenvalue weighted by Gasteiger charge is 2.25. The topological polar surface area (TPSA) is 81.9 Å². The van der Waals surface area contributed by atoms with Crippen molar-refractivity contribution in [2.45, 2.75) is 31.8 Å². The van der Waals surface area contributed by atoms with Crippen molar-refractivity contribution in [1.29, 1.82) is 0 Å². The van der Waals surface area contributed by atoms with Crippen LogP contribution in [0.5, 0.6) is 0 Å². The van der Waals surface area contributed by atoms with Crippen LogP contribution in [0.25, 0.3) is 0 Å². The fourth-order valence-corrected chi connectivity index (χ4v) is 3.54. The zero-order valence-corrected chi connectivity index (χ0v) is 17.1. The number of furan rings is 1. The molecule has 1 saturated heterocycles. The Bertz CT molecular complexity index is 755. The molecule has 0 radical (unpaired) electrons. The molecule has 1 aliphatic heterocycles. The van der Waals surface area contributed by atoms with Crippen LogP contribution in [-0.4, -0.2) is 50.0 Å². The highest BCUT2D eigenvalue weighted by molar-refractivity contribution is 5.81. The second kappa shape index (κ2) is 11.3. The zero-order chi connectivity index (χ0) is 20.3. The van der Waals surface area contributed by atoms with Crippen molar-refractivity contribution in [3.63, 3.8) is 0 Å². The molecule has 1 aromatic heterocycles. The summed E-state index contributed by atoms with van der Waals surface area (Å²) in [5.74, 6) is 1.68. The molecular formula is C22H31N5O2. The minimum Gasteiger partial charge on any atom is -0.468 e. The third-order valence-electron chi connectivity index (χ3n) is 5.12. The van der Waals surface area contributed by atoms with Crippen LogP contribution in [-0.2, 0) is 11.3 Å². The van der Waals surface area contributed by atoms with Gasteiger partial charge in [0.05, 0.1) is 12.3 Å². The normalized spacial score (nSPS) is 15.8. The predicted molar refractivity (Wildman–Crippen MR) is 115 cm³/mol. The Hall–Kier alpha value is -2.80. The molecule has 7 heteroatoms. The molecule has 1 atom stereocenters. The maximum atomic E-state index is 12.1. The number of likely N-dealkylation sites (tertiary alicyclic amines) is 1. The third kappa shape index (κ3) is 6.64. The van der Waals surface area contributed by atoms with Gasteiger partial charge in [-0.3, -0.25) is 14.7 Å². The lowest BCUT2D eigenvalue weighted by molar-refractivity contribution is -0.121. The molecule has 0 aliphatic carbocycles. The minimum absolute atomic E-state index is 0.0161. The lowest BCUT2D eigenvalue weighted by Crippen LogP contribution is -2.43. The van der Waals surface area contributed by atoms with Crippen LogP contribution in [0.3, 0.4) is 0 Å². The second-order valence-corrected chi connectivity index (χ2v) is 7.17. The molecule has 3 N–H and O–H groups in total. The number of guanidine groups is 1. The average Bonchev–Trinajstić information content (AvgIpc) is 3.47. The fraction of sp³-hybridized carbons (Fsp3) is 0.455. The molecule has 0 saturated carbocycles. The molecular weight excluding hydrogens is 366 g/mol. The summed E-state index contributed by atoms with van der Waals surface area (Å²) in [4.78, 5) is 18.8. The summed E-state index contributed by atoms with van der Waals surface area (Å²) in [6, 6.07) is 14.0. The van der Waals surface area contributed by atoms with E-state index in [1.807, 2.05) is 42.5 Å². The summed E-state index contributed by atoms with van der Waals surface area (Å²) in [5.41, 5.74) is 1.09. The Labute approximate surface area is 172 Å². The predicted octanol–water partition coefficient (Wildman–Crippen LogP) is 2.29. The van der Waals surface area contributed by atoms with Crippen LogP contribution in [0, 0.1) is 0 Å². The van der Waals surface area contributed by atoms with Crippen LogP contribution < -0.4 is 16.0 Å². The molecule has 156 valence electrons. The molecule has 0 bridgehead atoms. The average molecular weight is 398 g/mol. The van der Waals surface area contributed by atoms with E-state index in [4.69, 9.17) is 4.42 Å². The van der Waals surface area contributed by atoms with Gasteiger partial charge in [0.1, 0.15) is 5.76 Å². The fourth-order valence-electron chi connectivity index (χ4n) is 3.54. The van der Waals surface area contributed by atoms with Gasteiger partial charge in [0, 0.05) is 33.1 Å². The largest absolute Gasteiger partial charge is 0.468 e. The van der Waals surface area contributed by atoms with Crippen molar-refractivity contribution < 1.29 is 9.21 Å². The van der Waals surface area contributed by atoms with Crippen molar-refractivity contribution in [1.82, 2.24) is 20.9 Å². The van der Waals surface area contributed by atoms with Crippen LogP contribution >= 0.6 is 0 Å². The van der Waals surface area contributed by atoms with E-state index >= 15 is 0 Å². The number of nitrogens with one attached hydrogen (secondary N) is 3. The van der Waals surface area contributed by atoms with Crippen LogP contribution in [0.15, 0.2) is 58.1 Å². The lowest BCUT2D eigenvalue weighted by atomic mass is 10.2. The second-order valence-electron chi connectivity index (χ2n) is 7.17. The Balaban J connectivity index is 1.40. The van der Waals surface area contributed by atoms with Gasteiger partial charge in [-0.2, -0.15) is 0 Å². The van der Waals surface area contributed by atoms with E-state index in [1.165, 1.54) is 12.8 Å². The number of rotatable bonds is 9. The first-order chi connectivity index (χ1) is 14.3. The van der Waals surface area contributed by atoms with Crippen molar-refractivity contribution >= 4 is 11.9 Å². The van der Waals surface area contributed by atoms with Gasteiger partial charge in [0.15, 0.2) is 5.96 Å². The Kier molecular flexibility index (Phi) is 8.12. The van der Waals surface area contributed by atoms with Crippen LogP contribution in [0.4, 0.5) is 0 Å². The monoisotopic (exact) mass is 397 g/mol. The molecule has 1 aliphatic rings. The quantitative estimate of drug-likeness (QED) is 0.447. The van der Waals surface area contributed by atoms with Gasteiger partial charge in [0.2, 0.25) is 5.91 Å². The first-order valence-corrected chi connectivity index (χ1v) is 10.3. The number of hydrogen-bond donors (Lipinski definition) is 3. The zero-order valence-electron chi connectivity index (χ0n) is 17.1. The molecule has 1 unspecified atom stereocenters. The molecule has 0 spiro atoms. The standard InChI is InChI=1S/C22H31N5O2/c1-23-22(24-12-11-21(28)25-16-18-8-3-2-4-9-18)26-17-19(20-10-7-15-29-20)27-13-5-6-14-27/h2-4,7-10,15,19H,5-6,11-14,16-17H2,1H3,(H,25,28)(H2,23,24,26). The van der Waals surface area contributed by atoms with E-state index in [2.05, 4.69) is 25.8 Å². The van der Waals surface area contributed by atoms with E-state index in [-0.39, 0.29) is 11.9 Å². The van der Waals surface area contributed by atoms with Crippen molar-refractivity contribution in [3.8, 4) is 0 Å². The Morgan fingerprint density at radius 1 is 1.10 bits per heavy atom. The van der Waals surface area contributed by atoms with Gasteiger partial charge < -0.3 is 20.4 Å². The molecule has 1 amide bonds. The molecule has 1 fully saturated rings. The van der Waals surface area contributed by atoms with Crippen molar-refractivity contribution in [2.24, 2.45) is 4.99 Å². The maximum Gasteiger partial charge on any atom is 0.222 e. The number of hydrogen-bond acceptors (Lipinski definition) is 4. The van der Waals surface area contributed by atoms with Gasteiger partial charge in [-0.05, 0) is 43.6 Å². The van der Waals surface area contributed by atoms with Gasteiger partial charge in [-0.25, -0.2) is 0 Å². The van der Waals surface area contributed by atoms with Crippen LogP contribution in [0.2, 0.25) is 0 Å². The molecule has 29 heavy (non-hydrogen) atoms. The summed E-state index contributed by atoms with van der Waals surface area (Å²) in [6.45, 7) is 3.94. The number of nitrogens with zero attached hydrogens (tertiary/aromatic N) is 2. The van der Waals surface area contributed by atoms with E-state index in [1.54, 1.807) is 13.3 Å². The van der Waals surface area contributed by atoms with Gasteiger partial charge in [0.25, 0.3) is 0 Å². The van der Waals surface area contributed by atoms with Crippen molar-refractivity contribution in [2.75, 3.05) is 33.2 Å². The Morgan fingerprint density at radius 2 is 1.90 bits per heavy atom. The van der Waals surface area contributed by atoms with Gasteiger partial charge in [-0.15, -0.1) is 0 Å². The van der Waals surface area contributed by atoms with Gasteiger partial charge >= 0.3 is 0 Å². The summed E-state index contributed by atoms with van der Waals surface area (Å²) < 4.78 is 5.66. The van der Waals surface area contributed by atoms with E-state index in [0.29, 0.717) is 32.0 Å². The Morgan fingerprint density at radius 3 is 2.59 bits per heavy atom. The van der Waals surface area contributed by atoms with Crippen molar-refractivity contribution in [3.05, 3.63) is 60.1 Å². The lowest BCUT2D eigenvalue weighted by Gasteiger charge is -2.26. The number of benzene rings is 1. The summed E-state index contributed by atoms with van der Waals surface area (Å²) >= 11 is 0. The highest BCUT2D eigenvalue weighted by Crippen LogP contribution is 2.24.